The maximum absolute atomic E-state index is 12.9. The summed E-state index contributed by atoms with van der Waals surface area (Å²) in [7, 11) is 2.57. The summed E-state index contributed by atoms with van der Waals surface area (Å²) in [5.41, 5.74) is -0.848. The molecule has 2 aromatic carbocycles. The molecule has 144 valence electrons. The minimum absolute atomic E-state index is 0.0286. The van der Waals surface area contributed by atoms with Crippen LogP contribution in [0.4, 0.5) is 18.9 Å². The first kappa shape index (κ1) is 20.1. The number of para-hydroxylation sites is 1. The number of methoxy groups -OCH3 is 2. The van der Waals surface area contributed by atoms with Crippen molar-refractivity contribution in [3.8, 4) is 11.5 Å². The van der Waals surface area contributed by atoms with Gasteiger partial charge in [-0.15, -0.1) is 0 Å². The van der Waals surface area contributed by atoms with Crippen molar-refractivity contribution in [3.05, 3.63) is 53.6 Å². The van der Waals surface area contributed by atoms with Crippen LogP contribution in [0.5, 0.6) is 11.5 Å². The first-order chi connectivity index (χ1) is 12.8. The second-order valence-corrected chi connectivity index (χ2v) is 5.23. The first-order valence-electron chi connectivity index (χ1n) is 7.61. The van der Waals surface area contributed by atoms with Gasteiger partial charge in [0.25, 0.3) is 5.91 Å². The maximum atomic E-state index is 12.9. The fourth-order valence-electron chi connectivity index (χ4n) is 2.19. The average molecular weight is 383 g/mol. The first-order valence-corrected chi connectivity index (χ1v) is 7.61. The summed E-state index contributed by atoms with van der Waals surface area (Å²) in [5.74, 6) is -1.57. The van der Waals surface area contributed by atoms with Crippen LogP contribution in [0.25, 0.3) is 0 Å². The van der Waals surface area contributed by atoms with E-state index < -0.39 is 36.0 Å². The Labute approximate surface area is 152 Å². The SMILES string of the molecule is COC(=O)c1cc(OC)ccc1NC(=O)COc1ccccc1C(F)(F)F. The third kappa shape index (κ3) is 5.13. The number of alkyl halides is 3. The second-order valence-electron chi connectivity index (χ2n) is 5.23. The van der Waals surface area contributed by atoms with E-state index in [9.17, 15) is 22.8 Å². The van der Waals surface area contributed by atoms with Crippen LogP contribution in [-0.4, -0.2) is 32.7 Å². The molecule has 0 saturated heterocycles. The van der Waals surface area contributed by atoms with E-state index in [0.29, 0.717) is 5.75 Å². The van der Waals surface area contributed by atoms with Gasteiger partial charge >= 0.3 is 12.1 Å². The van der Waals surface area contributed by atoms with Crippen LogP contribution in [0.2, 0.25) is 0 Å². The smallest absolute Gasteiger partial charge is 0.419 e. The Balaban J connectivity index is 2.12. The number of esters is 1. The van der Waals surface area contributed by atoms with E-state index in [0.717, 1.165) is 12.1 Å². The minimum atomic E-state index is -4.61. The number of halogens is 3. The fraction of sp³-hybridized carbons (Fsp3) is 0.222. The summed E-state index contributed by atoms with van der Waals surface area (Å²) in [4.78, 5) is 23.9. The molecule has 9 heteroatoms. The van der Waals surface area contributed by atoms with Crippen molar-refractivity contribution < 1.29 is 37.0 Å². The number of nitrogens with one attached hydrogen (secondary N) is 1. The van der Waals surface area contributed by atoms with Crippen molar-refractivity contribution in [2.24, 2.45) is 0 Å². The largest absolute Gasteiger partial charge is 0.497 e. The van der Waals surface area contributed by atoms with Gasteiger partial charge in [-0.25, -0.2) is 4.79 Å². The maximum Gasteiger partial charge on any atom is 0.419 e. The number of rotatable bonds is 6. The van der Waals surface area contributed by atoms with Gasteiger partial charge in [0.05, 0.1) is 31.0 Å². The van der Waals surface area contributed by atoms with Gasteiger partial charge in [0.2, 0.25) is 0 Å². The van der Waals surface area contributed by atoms with Crippen molar-refractivity contribution in [1.29, 1.82) is 0 Å². The number of carbonyl (C=O) groups is 2. The zero-order chi connectivity index (χ0) is 20.0. The Hall–Kier alpha value is -3.23. The molecule has 0 saturated carbocycles. The van der Waals surface area contributed by atoms with Crippen LogP contribution < -0.4 is 14.8 Å². The molecule has 0 aromatic heterocycles. The molecule has 1 N–H and O–H groups in total. The Morgan fingerprint density at radius 1 is 1.07 bits per heavy atom. The Kier molecular flexibility index (Phi) is 6.27. The monoisotopic (exact) mass is 383 g/mol. The lowest BCUT2D eigenvalue weighted by atomic mass is 10.1. The predicted octanol–water partition coefficient (Wildman–Crippen LogP) is 3.52. The number of anilines is 1. The van der Waals surface area contributed by atoms with Crippen molar-refractivity contribution in [1.82, 2.24) is 0 Å². The highest BCUT2D eigenvalue weighted by molar-refractivity contribution is 6.02. The van der Waals surface area contributed by atoms with E-state index in [2.05, 4.69) is 10.1 Å². The summed E-state index contributed by atoms with van der Waals surface area (Å²) in [6, 6.07) is 8.82. The van der Waals surface area contributed by atoms with E-state index >= 15 is 0 Å². The third-order valence-electron chi connectivity index (χ3n) is 3.46. The summed E-state index contributed by atoms with van der Waals surface area (Å²) in [5, 5.41) is 2.40. The molecule has 1 amide bonds. The van der Waals surface area contributed by atoms with Gasteiger partial charge in [-0.3, -0.25) is 4.79 Å². The van der Waals surface area contributed by atoms with Gasteiger partial charge in [0.15, 0.2) is 6.61 Å². The molecule has 0 aliphatic heterocycles. The second kappa shape index (κ2) is 8.43. The minimum Gasteiger partial charge on any atom is -0.497 e. The Morgan fingerprint density at radius 2 is 1.78 bits per heavy atom. The highest BCUT2D eigenvalue weighted by Gasteiger charge is 2.34. The van der Waals surface area contributed by atoms with Crippen LogP contribution in [0.15, 0.2) is 42.5 Å². The standard InChI is InChI=1S/C18H16F3NO5/c1-25-11-7-8-14(12(9-11)17(24)26-2)22-16(23)10-27-15-6-4-3-5-13(15)18(19,20)21/h3-9H,10H2,1-2H3,(H,22,23). The van der Waals surface area contributed by atoms with E-state index in [-0.39, 0.29) is 11.3 Å². The molecule has 0 bridgehead atoms. The van der Waals surface area contributed by atoms with Crippen LogP contribution in [0, 0.1) is 0 Å². The molecule has 0 aliphatic rings. The number of ether oxygens (including phenoxy) is 3. The summed E-state index contributed by atoms with van der Waals surface area (Å²) in [6.45, 7) is -0.681. The van der Waals surface area contributed by atoms with Gasteiger partial charge < -0.3 is 19.5 Å². The molecule has 2 rings (SSSR count). The highest BCUT2D eigenvalue weighted by atomic mass is 19.4. The van der Waals surface area contributed by atoms with E-state index in [1.807, 2.05) is 0 Å². The van der Waals surface area contributed by atoms with Gasteiger partial charge in [-0.1, -0.05) is 12.1 Å². The lowest BCUT2D eigenvalue weighted by Gasteiger charge is -2.14. The zero-order valence-electron chi connectivity index (χ0n) is 14.4. The summed E-state index contributed by atoms with van der Waals surface area (Å²) >= 11 is 0. The fourth-order valence-corrected chi connectivity index (χ4v) is 2.19. The van der Waals surface area contributed by atoms with Crippen LogP contribution in [0.3, 0.4) is 0 Å². The molecule has 0 atom stereocenters. The quantitative estimate of drug-likeness (QED) is 0.773. The van der Waals surface area contributed by atoms with Crippen molar-refractivity contribution in [2.75, 3.05) is 26.1 Å². The van der Waals surface area contributed by atoms with Crippen molar-refractivity contribution >= 4 is 17.6 Å². The molecule has 0 heterocycles. The van der Waals surface area contributed by atoms with Gasteiger partial charge in [-0.05, 0) is 30.3 Å². The predicted molar refractivity (Wildman–Crippen MR) is 89.9 cm³/mol. The van der Waals surface area contributed by atoms with Crippen molar-refractivity contribution in [3.63, 3.8) is 0 Å². The molecule has 0 radical (unpaired) electrons. The van der Waals surface area contributed by atoms with Gasteiger partial charge in [-0.2, -0.15) is 13.2 Å². The molecule has 0 spiro atoms. The topological polar surface area (TPSA) is 73.9 Å². The van der Waals surface area contributed by atoms with Crippen LogP contribution in [0.1, 0.15) is 15.9 Å². The molecular formula is C18H16F3NO5. The van der Waals surface area contributed by atoms with Crippen LogP contribution >= 0.6 is 0 Å². The summed E-state index contributed by atoms with van der Waals surface area (Å²) < 4.78 is 53.4. The molecule has 2 aromatic rings. The molecule has 0 aliphatic carbocycles. The third-order valence-corrected chi connectivity index (χ3v) is 3.46. The molecule has 0 fully saturated rings. The van der Waals surface area contributed by atoms with E-state index in [1.165, 1.54) is 44.6 Å². The normalized spacial score (nSPS) is 10.9. The van der Waals surface area contributed by atoms with Crippen molar-refractivity contribution in [2.45, 2.75) is 6.18 Å². The number of amides is 1. The molecule has 27 heavy (non-hydrogen) atoms. The lowest BCUT2D eigenvalue weighted by molar-refractivity contribution is -0.139. The number of carbonyl (C=O) groups excluding carboxylic acids is 2. The number of hydrogen-bond acceptors (Lipinski definition) is 5. The van der Waals surface area contributed by atoms with E-state index in [4.69, 9.17) is 9.47 Å². The van der Waals surface area contributed by atoms with E-state index in [1.54, 1.807) is 0 Å². The Bertz CT molecular complexity index is 836. The Morgan fingerprint density at radius 3 is 2.41 bits per heavy atom. The number of hydrogen-bond donors (Lipinski definition) is 1. The molecule has 0 unspecified atom stereocenters. The highest BCUT2D eigenvalue weighted by Crippen LogP contribution is 2.35. The number of benzene rings is 2. The lowest BCUT2D eigenvalue weighted by Crippen LogP contribution is -2.22. The summed E-state index contributed by atoms with van der Waals surface area (Å²) in [6.07, 6.45) is -4.61. The zero-order valence-corrected chi connectivity index (χ0v) is 14.4. The molecular weight excluding hydrogens is 367 g/mol. The van der Waals surface area contributed by atoms with Gasteiger partial charge in [0, 0.05) is 0 Å². The average Bonchev–Trinajstić information content (AvgIpc) is 2.65. The van der Waals surface area contributed by atoms with Crippen LogP contribution in [-0.2, 0) is 15.7 Å². The molecule has 6 nitrogen and oxygen atoms in total. The van der Waals surface area contributed by atoms with Gasteiger partial charge in [0.1, 0.15) is 11.5 Å².